The van der Waals surface area contributed by atoms with Crippen molar-refractivity contribution in [2.45, 2.75) is 126 Å². The smallest absolute Gasteiger partial charge is 0.407 e. The highest BCUT2D eigenvalue weighted by atomic mass is 32.2. The molecule has 15 heteroatoms. The van der Waals surface area contributed by atoms with Gasteiger partial charge < -0.3 is 29.7 Å². The number of pyridine rings is 1. The Morgan fingerprint density at radius 2 is 1.84 bits per heavy atom. The van der Waals surface area contributed by atoms with E-state index in [1.807, 2.05) is 32.0 Å². The number of fused-ring (bicyclic) bond motifs is 3. The first-order chi connectivity index (χ1) is 27.7. The number of aryl methyl sites for hydroxylation is 1. The van der Waals surface area contributed by atoms with Crippen LogP contribution in [-0.2, 0) is 42.0 Å². The van der Waals surface area contributed by atoms with Gasteiger partial charge in [-0.25, -0.2) is 13.2 Å². The Labute approximate surface area is 340 Å². The van der Waals surface area contributed by atoms with Gasteiger partial charge >= 0.3 is 6.09 Å². The first kappa shape index (κ1) is 41.5. The van der Waals surface area contributed by atoms with Gasteiger partial charge in [0.15, 0.2) is 0 Å². The second kappa shape index (κ2) is 16.5. The molecule has 0 radical (unpaired) electrons. The molecule has 3 heterocycles. The summed E-state index contributed by atoms with van der Waals surface area (Å²) in [5.41, 5.74) is 0.420. The number of rotatable bonds is 10. The molecule has 5 aliphatic rings. The lowest BCUT2D eigenvalue weighted by molar-refractivity contribution is -0.142. The number of hydrogen-bond donors (Lipinski definition) is 3. The molecule has 4 bridgehead atoms. The van der Waals surface area contributed by atoms with Crippen LogP contribution in [0, 0.1) is 17.3 Å². The number of methoxy groups -OCH3 is 1. The summed E-state index contributed by atoms with van der Waals surface area (Å²) in [7, 11) is -2.28. The quantitative estimate of drug-likeness (QED) is 0.275. The predicted molar refractivity (Wildman–Crippen MR) is 218 cm³/mol. The highest BCUT2D eigenvalue weighted by Gasteiger charge is 2.62. The van der Waals surface area contributed by atoms with Crippen molar-refractivity contribution in [3.05, 3.63) is 54.8 Å². The Morgan fingerprint density at radius 3 is 2.52 bits per heavy atom. The van der Waals surface area contributed by atoms with Crippen LogP contribution in [0.1, 0.15) is 95.7 Å². The van der Waals surface area contributed by atoms with Crippen LogP contribution >= 0.6 is 0 Å². The van der Waals surface area contributed by atoms with Crippen molar-refractivity contribution >= 4 is 44.7 Å². The van der Waals surface area contributed by atoms with E-state index in [0.717, 1.165) is 48.7 Å². The summed E-state index contributed by atoms with van der Waals surface area (Å²) in [6.07, 6.45) is 9.99. The molecule has 1 unspecified atom stereocenters. The first-order valence-electron chi connectivity index (χ1n) is 20.7. The second-order valence-electron chi connectivity index (χ2n) is 17.6. The summed E-state index contributed by atoms with van der Waals surface area (Å²) in [6.45, 7) is 11.9. The fourth-order valence-corrected chi connectivity index (χ4v) is 10.3. The van der Waals surface area contributed by atoms with Gasteiger partial charge in [0.2, 0.25) is 21.8 Å². The van der Waals surface area contributed by atoms with Crippen LogP contribution in [0.25, 0.3) is 10.9 Å². The normalized spacial score (nSPS) is 27.9. The molecule has 2 aliphatic heterocycles. The third kappa shape index (κ3) is 8.84. The number of carbonyl (C=O) groups excluding carboxylic acids is 4. The number of alkyl carbamates (subject to hydrolysis) is 1. The maximum Gasteiger partial charge on any atom is 0.407 e. The third-order valence-corrected chi connectivity index (χ3v) is 14.3. The largest absolute Gasteiger partial charge is 0.496 e. The molecule has 3 aliphatic carbocycles. The molecule has 3 saturated carbocycles. The molecule has 4 amide bonds. The van der Waals surface area contributed by atoms with Crippen LogP contribution in [0.3, 0.4) is 0 Å². The first-order valence-corrected chi connectivity index (χ1v) is 22.2. The lowest BCUT2D eigenvalue weighted by atomic mass is 9.83. The molecule has 58 heavy (non-hydrogen) atoms. The minimum absolute atomic E-state index is 0.00760. The number of carbonyl (C=O) groups is 4. The standard InChI is InChI=1S/C43H57N5O9S/c1-6-12-29-20-36-32-19-27(35(55-5)22-33(32)44-29)15-11-18-42(3,4)25-56-41(52)45-37(26-13-9-8-10-14-26)39(50)48-24-30(57-36)21-34(48)38(49)46-43(23-28(43)7-2)40(51)47-58(53,54)31-16-17-31/h6-7,19-20,22,26,28,30-31,34,37H,1-2,8-18,21,23-25H2,3-5H3,(H,45,52)(H,46,49)(H,47,51)/t28-,30+,34-,37-,43?/m0/s1. The Hall–Kier alpha value is -4.66. The van der Waals surface area contributed by atoms with E-state index in [-0.39, 0.29) is 37.3 Å². The minimum atomic E-state index is -3.91. The van der Waals surface area contributed by atoms with Gasteiger partial charge in [0, 0.05) is 42.0 Å². The zero-order chi connectivity index (χ0) is 41.4. The van der Waals surface area contributed by atoms with Crippen LogP contribution in [0.4, 0.5) is 4.79 Å². The van der Waals surface area contributed by atoms with Gasteiger partial charge in [-0.05, 0) is 74.3 Å². The molecule has 314 valence electrons. The molecule has 1 aromatic heterocycles. The lowest BCUT2D eigenvalue weighted by Crippen LogP contribution is -2.59. The maximum atomic E-state index is 14.9. The summed E-state index contributed by atoms with van der Waals surface area (Å²) < 4.78 is 46.3. The van der Waals surface area contributed by atoms with Gasteiger partial charge in [-0.3, -0.25) is 24.1 Å². The Kier molecular flexibility index (Phi) is 11.8. The van der Waals surface area contributed by atoms with E-state index in [4.69, 9.17) is 19.2 Å². The topological polar surface area (TPSA) is 182 Å². The van der Waals surface area contributed by atoms with Crippen LogP contribution in [0.2, 0.25) is 0 Å². The Bertz CT molecular complexity index is 2080. The predicted octanol–water partition coefficient (Wildman–Crippen LogP) is 5.03. The van der Waals surface area contributed by atoms with Crippen molar-refractivity contribution in [2.24, 2.45) is 17.3 Å². The van der Waals surface area contributed by atoms with E-state index in [1.165, 1.54) is 11.0 Å². The summed E-state index contributed by atoms with van der Waals surface area (Å²) >= 11 is 0. The number of hydrogen-bond acceptors (Lipinski definition) is 10. The Morgan fingerprint density at radius 1 is 1.09 bits per heavy atom. The number of sulfonamides is 1. The van der Waals surface area contributed by atoms with Crippen molar-refractivity contribution in [1.82, 2.24) is 25.2 Å². The molecule has 14 nitrogen and oxygen atoms in total. The summed E-state index contributed by atoms with van der Waals surface area (Å²) in [6, 6.07) is 3.70. The fourth-order valence-electron chi connectivity index (χ4n) is 8.92. The molecule has 1 aromatic carbocycles. The zero-order valence-corrected chi connectivity index (χ0v) is 34.7. The van der Waals surface area contributed by atoms with Crippen LogP contribution < -0.4 is 24.8 Å². The van der Waals surface area contributed by atoms with Gasteiger partial charge in [0.1, 0.15) is 35.2 Å². The number of nitrogens with zero attached hydrogens (tertiary/aromatic N) is 2. The summed E-state index contributed by atoms with van der Waals surface area (Å²) in [5, 5.41) is 5.89. The van der Waals surface area contributed by atoms with E-state index in [1.54, 1.807) is 13.2 Å². The van der Waals surface area contributed by atoms with Crippen LogP contribution in [-0.4, -0.2) is 91.4 Å². The summed E-state index contributed by atoms with van der Waals surface area (Å²) in [4.78, 5) is 63.0. The molecule has 3 N–H and O–H groups in total. The minimum Gasteiger partial charge on any atom is -0.496 e. The van der Waals surface area contributed by atoms with Gasteiger partial charge in [0.05, 0.1) is 31.0 Å². The molecule has 7 rings (SSSR count). The highest BCUT2D eigenvalue weighted by Crippen LogP contribution is 2.46. The second-order valence-corrected chi connectivity index (χ2v) is 19.5. The summed E-state index contributed by atoms with van der Waals surface area (Å²) in [5.74, 6) is -1.37. The fraction of sp³-hybridized carbons (Fsp3) is 0.605. The van der Waals surface area contributed by atoms with Crippen molar-refractivity contribution in [3.63, 3.8) is 0 Å². The number of amides is 4. The number of benzene rings is 1. The van der Waals surface area contributed by atoms with Gasteiger partial charge in [0.25, 0.3) is 5.91 Å². The average Bonchev–Trinajstić information content (AvgIpc) is 4.12. The van der Waals surface area contributed by atoms with E-state index >= 15 is 0 Å². The Balaban J connectivity index is 1.27. The zero-order valence-electron chi connectivity index (χ0n) is 33.8. The highest BCUT2D eigenvalue weighted by molar-refractivity contribution is 7.91. The third-order valence-electron chi connectivity index (χ3n) is 12.5. The van der Waals surface area contributed by atoms with E-state index in [9.17, 15) is 27.6 Å². The van der Waals surface area contributed by atoms with Gasteiger partial charge in [-0.1, -0.05) is 45.3 Å². The van der Waals surface area contributed by atoms with E-state index in [0.29, 0.717) is 55.5 Å². The number of cyclic esters (lactones) is 1. The van der Waals surface area contributed by atoms with E-state index in [2.05, 4.69) is 28.5 Å². The number of allylic oxidation sites excluding steroid dienone is 1. The molecule has 4 fully saturated rings. The molecule has 2 aromatic rings. The van der Waals surface area contributed by atoms with E-state index < -0.39 is 68.7 Å². The molecule has 5 atom stereocenters. The molecule has 0 spiro atoms. The van der Waals surface area contributed by atoms with Crippen molar-refractivity contribution < 1.29 is 41.8 Å². The molecular formula is C43H57N5O9S. The average molecular weight is 820 g/mol. The number of aromatic nitrogens is 1. The van der Waals surface area contributed by atoms with Gasteiger partial charge in [-0.15, -0.1) is 13.2 Å². The van der Waals surface area contributed by atoms with Crippen molar-refractivity contribution in [2.75, 3.05) is 20.3 Å². The van der Waals surface area contributed by atoms with Gasteiger partial charge in [-0.2, -0.15) is 0 Å². The number of ether oxygens (including phenoxy) is 3. The molecule has 1 saturated heterocycles. The SMILES string of the molecule is C=CCc1cc2c3cc(c(OC)cc3n1)CCCC(C)(C)COC(=O)N[C@@H](C1CCCCC1)C(=O)N1C[C@@H](C[C@H]1C(=O)NC1(C(=O)NS(=O)(=O)C3CC3)C[C@@H]1C=C)O2. The van der Waals surface area contributed by atoms with Crippen molar-refractivity contribution in [1.29, 1.82) is 0 Å². The lowest BCUT2D eigenvalue weighted by Gasteiger charge is -2.35. The van der Waals surface area contributed by atoms with Crippen LogP contribution in [0.5, 0.6) is 11.5 Å². The van der Waals surface area contributed by atoms with Crippen LogP contribution in [0.15, 0.2) is 43.5 Å². The maximum absolute atomic E-state index is 14.9. The van der Waals surface area contributed by atoms with Crippen molar-refractivity contribution in [3.8, 4) is 11.5 Å². The monoisotopic (exact) mass is 819 g/mol. The molecular weight excluding hydrogens is 763 g/mol. The number of nitrogens with one attached hydrogen (secondary N) is 3.